The molecule has 2 N–H and O–H groups in total. The zero-order chi connectivity index (χ0) is 12.1. The van der Waals surface area contributed by atoms with Gasteiger partial charge in [-0.3, -0.25) is 9.89 Å². The lowest BCUT2D eigenvalue weighted by Gasteiger charge is -2.00. The quantitative estimate of drug-likeness (QED) is 0.805. The molecule has 0 saturated heterocycles. The number of nitrogens with one attached hydrogen (secondary N) is 2. The van der Waals surface area contributed by atoms with Gasteiger partial charge in [-0.2, -0.15) is 10.4 Å². The van der Waals surface area contributed by atoms with Crippen LogP contribution in [0.15, 0.2) is 24.3 Å². The number of hydrogen-bond acceptors (Lipinski definition) is 4. The molecule has 17 heavy (non-hydrogen) atoms. The molecule has 2 rings (SSSR count). The fourth-order valence-electron chi connectivity index (χ4n) is 1.42. The molecule has 0 radical (unpaired) electrons. The van der Waals surface area contributed by atoms with Gasteiger partial charge in [0, 0.05) is 5.39 Å². The fraction of sp³-hybridized carbons (Fsp3) is 0.182. The molecule has 0 aliphatic heterocycles. The standard InChI is InChI=1S/C11H10N4OS/c12-5-6-17-7-10(16)13-11-8-3-1-2-4-9(8)14-15-11/h1-4H,6-7H2,(H2,13,14,15,16). The average molecular weight is 246 g/mol. The molecule has 1 aromatic heterocycles. The van der Waals surface area contributed by atoms with Gasteiger partial charge in [0.2, 0.25) is 5.91 Å². The lowest BCUT2D eigenvalue weighted by Crippen LogP contribution is -2.14. The van der Waals surface area contributed by atoms with Crippen LogP contribution >= 0.6 is 11.8 Å². The first-order valence-electron chi connectivity index (χ1n) is 4.99. The van der Waals surface area contributed by atoms with Gasteiger partial charge in [-0.25, -0.2) is 0 Å². The molecule has 0 unspecified atom stereocenters. The van der Waals surface area contributed by atoms with Gasteiger partial charge in [0.25, 0.3) is 0 Å². The number of nitrogens with zero attached hydrogens (tertiary/aromatic N) is 2. The minimum Gasteiger partial charge on any atom is -0.308 e. The van der Waals surface area contributed by atoms with Crippen molar-refractivity contribution in [2.75, 3.05) is 16.8 Å². The van der Waals surface area contributed by atoms with Gasteiger partial charge in [0.05, 0.1) is 23.1 Å². The second kappa shape index (κ2) is 5.37. The van der Waals surface area contributed by atoms with Gasteiger partial charge in [-0.1, -0.05) is 12.1 Å². The van der Waals surface area contributed by atoms with Crippen LogP contribution in [-0.4, -0.2) is 27.6 Å². The summed E-state index contributed by atoms with van der Waals surface area (Å²) in [6.07, 6.45) is 0. The topological polar surface area (TPSA) is 81.6 Å². The van der Waals surface area contributed by atoms with E-state index in [-0.39, 0.29) is 11.7 Å². The van der Waals surface area contributed by atoms with Crippen LogP contribution in [0.3, 0.4) is 0 Å². The Morgan fingerprint density at radius 1 is 1.53 bits per heavy atom. The monoisotopic (exact) mass is 246 g/mol. The highest BCUT2D eigenvalue weighted by atomic mass is 32.2. The highest BCUT2D eigenvalue weighted by molar-refractivity contribution is 8.00. The first-order valence-corrected chi connectivity index (χ1v) is 6.14. The number of aromatic nitrogens is 2. The summed E-state index contributed by atoms with van der Waals surface area (Å²) in [5.74, 6) is 0.953. The van der Waals surface area contributed by atoms with Gasteiger partial charge in [-0.15, -0.1) is 11.8 Å². The molecular formula is C11H10N4OS. The van der Waals surface area contributed by atoms with Crippen LogP contribution in [0.2, 0.25) is 0 Å². The third kappa shape index (κ3) is 2.77. The fourth-order valence-corrected chi connectivity index (χ4v) is 1.87. The van der Waals surface area contributed by atoms with E-state index < -0.39 is 0 Å². The summed E-state index contributed by atoms with van der Waals surface area (Å²) in [5.41, 5.74) is 0.882. The molecule has 1 heterocycles. The molecule has 2 aromatic rings. The number of H-pyrrole nitrogens is 1. The molecule has 6 heteroatoms. The maximum absolute atomic E-state index is 11.5. The highest BCUT2D eigenvalue weighted by Gasteiger charge is 2.08. The highest BCUT2D eigenvalue weighted by Crippen LogP contribution is 2.19. The van der Waals surface area contributed by atoms with Crippen LogP contribution in [0.25, 0.3) is 10.9 Å². The SMILES string of the molecule is N#CCSCC(=O)Nc1n[nH]c2ccccc12. The molecule has 0 fully saturated rings. The maximum atomic E-state index is 11.5. The van der Waals surface area contributed by atoms with Gasteiger partial charge in [0.1, 0.15) is 0 Å². The van der Waals surface area contributed by atoms with E-state index in [0.29, 0.717) is 11.6 Å². The number of benzene rings is 1. The van der Waals surface area contributed by atoms with Crippen LogP contribution < -0.4 is 5.32 Å². The Morgan fingerprint density at radius 2 is 2.35 bits per heavy atom. The van der Waals surface area contributed by atoms with Crippen molar-refractivity contribution in [2.24, 2.45) is 0 Å². The summed E-state index contributed by atoms with van der Waals surface area (Å²) < 4.78 is 0. The second-order valence-corrected chi connectivity index (χ2v) is 4.30. The Balaban J connectivity index is 2.04. The third-order valence-electron chi connectivity index (χ3n) is 2.13. The summed E-state index contributed by atoms with van der Waals surface area (Å²) in [4.78, 5) is 11.5. The summed E-state index contributed by atoms with van der Waals surface area (Å²) >= 11 is 1.28. The van der Waals surface area contributed by atoms with E-state index in [9.17, 15) is 4.79 Å². The Bertz CT molecular complexity index is 572. The maximum Gasteiger partial charge on any atom is 0.235 e. The number of para-hydroxylation sites is 1. The van der Waals surface area contributed by atoms with Gasteiger partial charge in [-0.05, 0) is 12.1 Å². The van der Waals surface area contributed by atoms with E-state index in [4.69, 9.17) is 5.26 Å². The Kier molecular flexibility index (Phi) is 3.62. The molecule has 0 bridgehead atoms. The predicted molar refractivity (Wildman–Crippen MR) is 67.7 cm³/mol. The first-order chi connectivity index (χ1) is 8.31. The molecule has 0 aliphatic rings. The van der Waals surface area contributed by atoms with E-state index in [1.165, 1.54) is 11.8 Å². The Hall–Kier alpha value is -2.00. The second-order valence-electron chi connectivity index (χ2n) is 3.32. The number of hydrogen-bond donors (Lipinski definition) is 2. The summed E-state index contributed by atoms with van der Waals surface area (Å²) in [7, 11) is 0. The van der Waals surface area contributed by atoms with Gasteiger partial charge < -0.3 is 5.32 Å². The lowest BCUT2D eigenvalue weighted by molar-refractivity contribution is -0.113. The Morgan fingerprint density at radius 3 is 3.18 bits per heavy atom. The minimum atomic E-state index is -0.150. The lowest BCUT2D eigenvalue weighted by atomic mass is 10.2. The number of thioether (sulfide) groups is 1. The van der Waals surface area contributed by atoms with E-state index in [1.807, 2.05) is 30.3 Å². The van der Waals surface area contributed by atoms with Crippen molar-refractivity contribution < 1.29 is 4.79 Å². The van der Waals surface area contributed by atoms with Crippen LogP contribution in [0.1, 0.15) is 0 Å². The summed E-state index contributed by atoms with van der Waals surface area (Å²) in [5, 5.41) is 18.8. The van der Waals surface area contributed by atoms with Crippen molar-refractivity contribution in [3.63, 3.8) is 0 Å². The van der Waals surface area contributed by atoms with E-state index >= 15 is 0 Å². The van der Waals surface area contributed by atoms with Crippen molar-refractivity contribution in [1.82, 2.24) is 10.2 Å². The molecule has 86 valence electrons. The summed E-state index contributed by atoms with van der Waals surface area (Å²) in [6, 6.07) is 9.53. The molecule has 0 saturated carbocycles. The van der Waals surface area contributed by atoms with Gasteiger partial charge in [0.15, 0.2) is 5.82 Å². The molecule has 1 amide bonds. The van der Waals surface area contributed by atoms with Crippen LogP contribution in [0.4, 0.5) is 5.82 Å². The van der Waals surface area contributed by atoms with E-state index in [2.05, 4.69) is 15.5 Å². The largest absolute Gasteiger partial charge is 0.308 e. The number of amides is 1. The number of carbonyl (C=O) groups excluding carboxylic acids is 1. The van der Waals surface area contributed by atoms with E-state index in [1.54, 1.807) is 0 Å². The van der Waals surface area contributed by atoms with Gasteiger partial charge >= 0.3 is 0 Å². The average Bonchev–Trinajstić information content (AvgIpc) is 2.73. The number of carbonyl (C=O) groups is 1. The molecule has 0 aliphatic carbocycles. The molecule has 5 nitrogen and oxygen atoms in total. The van der Waals surface area contributed by atoms with Crippen LogP contribution in [-0.2, 0) is 4.79 Å². The molecule has 0 atom stereocenters. The van der Waals surface area contributed by atoms with Crippen LogP contribution in [0, 0.1) is 11.3 Å². The smallest absolute Gasteiger partial charge is 0.235 e. The van der Waals surface area contributed by atoms with Crippen molar-refractivity contribution in [3.8, 4) is 6.07 Å². The first kappa shape index (κ1) is 11.5. The number of anilines is 1. The summed E-state index contributed by atoms with van der Waals surface area (Å²) in [6.45, 7) is 0. The van der Waals surface area contributed by atoms with Crippen LogP contribution in [0.5, 0.6) is 0 Å². The number of nitriles is 1. The molecule has 0 spiro atoms. The predicted octanol–water partition coefficient (Wildman–Crippen LogP) is 1.76. The zero-order valence-electron chi connectivity index (χ0n) is 8.93. The number of aromatic amines is 1. The van der Waals surface area contributed by atoms with E-state index in [0.717, 1.165) is 10.9 Å². The normalized spacial score (nSPS) is 10.1. The Labute approximate surface area is 102 Å². The zero-order valence-corrected chi connectivity index (χ0v) is 9.75. The molecule has 1 aromatic carbocycles. The minimum absolute atomic E-state index is 0.150. The van der Waals surface area contributed by atoms with Crippen molar-refractivity contribution in [2.45, 2.75) is 0 Å². The van der Waals surface area contributed by atoms with Crippen molar-refractivity contribution in [3.05, 3.63) is 24.3 Å². The number of rotatable bonds is 4. The number of fused-ring (bicyclic) bond motifs is 1. The molecular weight excluding hydrogens is 236 g/mol. The van der Waals surface area contributed by atoms with Crippen molar-refractivity contribution in [1.29, 1.82) is 5.26 Å². The van der Waals surface area contributed by atoms with Crippen molar-refractivity contribution >= 4 is 34.4 Å². The third-order valence-corrected chi connectivity index (χ3v) is 2.93.